The molecule has 1 N–H and O–H groups in total. The number of likely N-dealkylation sites (tertiary alicyclic amines) is 1. The highest BCUT2D eigenvalue weighted by atomic mass is 16.1. The van der Waals surface area contributed by atoms with Crippen LogP contribution in [0.25, 0.3) is 0 Å². The Labute approximate surface area is 148 Å². The van der Waals surface area contributed by atoms with Crippen molar-refractivity contribution < 1.29 is 4.79 Å². The standard InChI is InChI=1S/C19H23N5O/c1-14-18(11-22-23(14)2)13-24-7-6-16(12-24)10-21-19(25)17-5-3-4-15(8-17)9-20/h3-5,8,11,16H,6-7,10,12-13H2,1-2H3,(H,21,25). The smallest absolute Gasteiger partial charge is 0.251 e. The molecule has 1 aromatic carbocycles. The van der Waals surface area contributed by atoms with Gasteiger partial charge in [-0.2, -0.15) is 10.4 Å². The van der Waals surface area contributed by atoms with Crippen molar-refractivity contribution in [2.24, 2.45) is 13.0 Å². The predicted molar refractivity (Wildman–Crippen MR) is 94.8 cm³/mol. The van der Waals surface area contributed by atoms with Gasteiger partial charge in [-0.3, -0.25) is 14.4 Å². The maximum Gasteiger partial charge on any atom is 0.251 e. The Balaban J connectivity index is 1.49. The summed E-state index contributed by atoms with van der Waals surface area (Å²) in [5, 5.41) is 16.2. The summed E-state index contributed by atoms with van der Waals surface area (Å²) in [6.07, 6.45) is 3.02. The lowest BCUT2D eigenvalue weighted by molar-refractivity contribution is 0.0947. The zero-order chi connectivity index (χ0) is 17.8. The number of nitrogens with one attached hydrogen (secondary N) is 1. The summed E-state index contributed by atoms with van der Waals surface area (Å²) in [4.78, 5) is 14.7. The predicted octanol–water partition coefficient (Wildman–Crippen LogP) is 1.85. The van der Waals surface area contributed by atoms with Crippen LogP contribution in [0.4, 0.5) is 0 Å². The Bertz CT molecular complexity index is 804. The third-order valence-electron chi connectivity index (χ3n) is 4.91. The molecule has 3 rings (SSSR count). The van der Waals surface area contributed by atoms with Gasteiger partial charge in [0.15, 0.2) is 0 Å². The van der Waals surface area contributed by atoms with Crippen LogP contribution in [-0.4, -0.2) is 40.2 Å². The van der Waals surface area contributed by atoms with Gasteiger partial charge in [-0.05, 0) is 44.0 Å². The molecular formula is C19H23N5O. The number of aryl methyl sites for hydroxylation is 1. The summed E-state index contributed by atoms with van der Waals surface area (Å²) in [6.45, 7) is 5.68. The molecule has 130 valence electrons. The van der Waals surface area contributed by atoms with Crippen LogP contribution in [0, 0.1) is 24.2 Å². The van der Waals surface area contributed by atoms with E-state index in [1.165, 1.54) is 11.3 Å². The van der Waals surface area contributed by atoms with E-state index in [2.05, 4.69) is 28.3 Å². The Kier molecular flexibility index (Phi) is 5.15. The van der Waals surface area contributed by atoms with Crippen molar-refractivity contribution in [3.8, 4) is 6.07 Å². The molecule has 1 aliphatic rings. The molecule has 6 nitrogen and oxygen atoms in total. The number of nitriles is 1. The van der Waals surface area contributed by atoms with Gasteiger partial charge in [0.05, 0.1) is 17.8 Å². The van der Waals surface area contributed by atoms with E-state index in [1.807, 2.05) is 17.9 Å². The van der Waals surface area contributed by atoms with Gasteiger partial charge < -0.3 is 5.32 Å². The largest absolute Gasteiger partial charge is 0.352 e. The maximum atomic E-state index is 12.2. The average molecular weight is 337 g/mol. The van der Waals surface area contributed by atoms with E-state index in [4.69, 9.17) is 5.26 Å². The number of carbonyl (C=O) groups is 1. The summed E-state index contributed by atoms with van der Waals surface area (Å²) < 4.78 is 1.90. The molecule has 1 amide bonds. The molecule has 1 unspecified atom stereocenters. The second-order valence-electron chi connectivity index (χ2n) is 6.67. The van der Waals surface area contributed by atoms with Crippen molar-refractivity contribution in [2.75, 3.05) is 19.6 Å². The molecule has 6 heteroatoms. The molecule has 0 bridgehead atoms. The highest BCUT2D eigenvalue weighted by Crippen LogP contribution is 2.19. The molecule has 2 aromatic rings. The Hall–Kier alpha value is -2.65. The van der Waals surface area contributed by atoms with E-state index in [0.29, 0.717) is 23.6 Å². The number of hydrogen-bond acceptors (Lipinski definition) is 4. The fourth-order valence-corrected chi connectivity index (χ4v) is 3.23. The minimum absolute atomic E-state index is 0.112. The van der Waals surface area contributed by atoms with Crippen molar-refractivity contribution in [2.45, 2.75) is 19.9 Å². The van der Waals surface area contributed by atoms with Crippen LogP contribution in [0.2, 0.25) is 0 Å². The third-order valence-corrected chi connectivity index (χ3v) is 4.91. The Morgan fingerprint density at radius 1 is 1.48 bits per heavy atom. The fourth-order valence-electron chi connectivity index (χ4n) is 3.23. The van der Waals surface area contributed by atoms with Crippen LogP contribution in [-0.2, 0) is 13.6 Å². The quantitative estimate of drug-likeness (QED) is 0.904. The van der Waals surface area contributed by atoms with E-state index < -0.39 is 0 Å². The molecule has 1 atom stereocenters. The lowest BCUT2D eigenvalue weighted by atomic mass is 10.1. The SMILES string of the molecule is Cc1c(CN2CCC(CNC(=O)c3cccc(C#N)c3)C2)cnn1C. The second kappa shape index (κ2) is 7.49. The molecule has 1 aliphatic heterocycles. The van der Waals surface area contributed by atoms with Crippen LogP contribution in [0.5, 0.6) is 0 Å². The minimum atomic E-state index is -0.112. The van der Waals surface area contributed by atoms with E-state index in [0.717, 1.165) is 26.1 Å². The molecular weight excluding hydrogens is 314 g/mol. The van der Waals surface area contributed by atoms with Crippen molar-refractivity contribution in [3.05, 3.63) is 52.8 Å². The maximum absolute atomic E-state index is 12.2. The molecule has 0 aliphatic carbocycles. The fraction of sp³-hybridized carbons (Fsp3) is 0.421. The molecule has 0 saturated carbocycles. The number of carbonyl (C=O) groups excluding carboxylic acids is 1. The van der Waals surface area contributed by atoms with E-state index in [-0.39, 0.29) is 5.91 Å². The first kappa shape index (κ1) is 17.2. The van der Waals surface area contributed by atoms with Gasteiger partial charge in [0.25, 0.3) is 5.91 Å². The lowest BCUT2D eigenvalue weighted by Crippen LogP contribution is -2.31. The van der Waals surface area contributed by atoms with Gasteiger partial charge in [0.1, 0.15) is 0 Å². The Morgan fingerprint density at radius 2 is 2.32 bits per heavy atom. The molecule has 1 saturated heterocycles. The first-order valence-corrected chi connectivity index (χ1v) is 8.55. The topological polar surface area (TPSA) is 74.0 Å². The number of amides is 1. The van der Waals surface area contributed by atoms with Crippen LogP contribution in [0.15, 0.2) is 30.5 Å². The lowest BCUT2D eigenvalue weighted by Gasteiger charge is -2.16. The van der Waals surface area contributed by atoms with E-state index in [1.54, 1.807) is 24.3 Å². The molecule has 0 spiro atoms. The van der Waals surface area contributed by atoms with Crippen LogP contribution >= 0.6 is 0 Å². The molecule has 2 heterocycles. The van der Waals surface area contributed by atoms with Crippen LogP contribution in [0.3, 0.4) is 0 Å². The summed E-state index contributed by atoms with van der Waals surface area (Å²) >= 11 is 0. The average Bonchev–Trinajstić information content (AvgIpc) is 3.21. The summed E-state index contributed by atoms with van der Waals surface area (Å²) in [6, 6.07) is 8.86. The number of aromatic nitrogens is 2. The van der Waals surface area contributed by atoms with Gasteiger partial charge in [-0.1, -0.05) is 6.07 Å². The van der Waals surface area contributed by atoms with Gasteiger partial charge in [-0.15, -0.1) is 0 Å². The zero-order valence-corrected chi connectivity index (χ0v) is 14.7. The second-order valence-corrected chi connectivity index (χ2v) is 6.67. The van der Waals surface area contributed by atoms with E-state index >= 15 is 0 Å². The van der Waals surface area contributed by atoms with E-state index in [9.17, 15) is 4.79 Å². The number of hydrogen-bond donors (Lipinski definition) is 1. The highest BCUT2D eigenvalue weighted by Gasteiger charge is 2.24. The third kappa shape index (κ3) is 4.06. The summed E-state index contributed by atoms with van der Waals surface area (Å²) in [7, 11) is 1.96. The van der Waals surface area contributed by atoms with Crippen LogP contribution < -0.4 is 5.32 Å². The molecule has 25 heavy (non-hydrogen) atoms. The Morgan fingerprint density at radius 3 is 3.04 bits per heavy atom. The van der Waals surface area contributed by atoms with Gasteiger partial charge in [0.2, 0.25) is 0 Å². The molecule has 0 radical (unpaired) electrons. The number of rotatable bonds is 5. The zero-order valence-electron chi connectivity index (χ0n) is 14.7. The number of nitrogens with zero attached hydrogens (tertiary/aromatic N) is 4. The van der Waals surface area contributed by atoms with Crippen molar-refractivity contribution >= 4 is 5.91 Å². The minimum Gasteiger partial charge on any atom is -0.352 e. The van der Waals surface area contributed by atoms with Crippen molar-refractivity contribution in [3.63, 3.8) is 0 Å². The first-order valence-electron chi connectivity index (χ1n) is 8.55. The number of benzene rings is 1. The molecule has 1 fully saturated rings. The van der Waals surface area contributed by atoms with Gasteiger partial charge in [0, 0.05) is 43.5 Å². The van der Waals surface area contributed by atoms with Gasteiger partial charge >= 0.3 is 0 Å². The summed E-state index contributed by atoms with van der Waals surface area (Å²) in [5.41, 5.74) is 3.51. The first-order chi connectivity index (χ1) is 12.1. The normalized spacial score (nSPS) is 17.4. The van der Waals surface area contributed by atoms with Crippen LogP contribution in [0.1, 0.15) is 33.6 Å². The van der Waals surface area contributed by atoms with Gasteiger partial charge in [-0.25, -0.2) is 0 Å². The highest BCUT2D eigenvalue weighted by molar-refractivity contribution is 5.94. The van der Waals surface area contributed by atoms with Crippen molar-refractivity contribution in [1.29, 1.82) is 5.26 Å². The molecule has 1 aromatic heterocycles. The summed E-state index contributed by atoms with van der Waals surface area (Å²) in [5.74, 6) is 0.346. The van der Waals surface area contributed by atoms with Crippen molar-refractivity contribution in [1.82, 2.24) is 20.0 Å². The monoisotopic (exact) mass is 337 g/mol.